The largest absolute Gasteiger partial charge is 0.492 e. The predicted molar refractivity (Wildman–Crippen MR) is 84.7 cm³/mol. The van der Waals surface area contributed by atoms with Crippen molar-refractivity contribution >= 4 is 0 Å². The van der Waals surface area contributed by atoms with Crippen molar-refractivity contribution < 1.29 is 9.84 Å². The first-order valence-electron chi connectivity index (χ1n) is 7.36. The zero-order valence-corrected chi connectivity index (χ0v) is 13.2. The lowest BCUT2D eigenvalue weighted by atomic mass is 9.92. The zero-order valence-electron chi connectivity index (χ0n) is 13.2. The van der Waals surface area contributed by atoms with Crippen LogP contribution in [0.4, 0.5) is 0 Å². The van der Waals surface area contributed by atoms with Crippen LogP contribution in [0.3, 0.4) is 0 Å². The van der Waals surface area contributed by atoms with E-state index >= 15 is 0 Å². The highest BCUT2D eigenvalue weighted by molar-refractivity contribution is 5.43. The molecule has 3 nitrogen and oxygen atoms in total. The number of aliphatic hydroxyl groups is 1. The Morgan fingerprint density at radius 3 is 2.38 bits per heavy atom. The summed E-state index contributed by atoms with van der Waals surface area (Å²) >= 11 is 0. The molecular weight excluding hydrogens is 262 g/mol. The Kier molecular flexibility index (Phi) is 4.97. The summed E-state index contributed by atoms with van der Waals surface area (Å²) in [5.74, 6) is 0.704. The van der Waals surface area contributed by atoms with Crippen molar-refractivity contribution in [2.75, 3.05) is 6.61 Å². The molecule has 0 spiro atoms. The number of aromatic nitrogens is 1. The number of aliphatic hydroxyl groups excluding tert-OH is 1. The van der Waals surface area contributed by atoms with Gasteiger partial charge in [0.25, 0.3) is 0 Å². The maximum Gasteiger partial charge on any atom is 0.137 e. The molecule has 1 heterocycles. The monoisotopic (exact) mass is 285 g/mol. The molecule has 0 bridgehead atoms. The minimum Gasteiger partial charge on any atom is -0.492 e. The summed E-state index contributed by atoms with van der Waals surface area (Å²) in [6.07, 6.45) is 3.65. The fourth-order valence-electron chi connectivity index (χ4n) is 2.67. The quantitative estimate of drug-likeness (QED) is 0.906. The Labute approximate surface area is 126 Å². The van der Waals surface area contributed by atoms with Gasteiger partial charge in [-0.1, -0.05) is 24.6 Å². The van der Waals surface area contributed by atoms with Crippen LogP contribution in [0.5, 0.6) is 5.75 Å². The van der Waals surface area contributed by atoms with Crippen LogP contribution < -0.4 is 4.74 Å². The van der Waals surface area contributed by atoms with Crippen LogP contribution in [0.1, 0.15) is 47.3 Å². The van der Waals surface area contributed by atoms with E-state index in [-0.39, 0.29) is 0 Å². The lowest BCUT2D eigenvalue weighted by Crippen LogP contribution is -2.06. The molecule has 1 atom stereocenters. The number of pyridine rings is 1. The Bertz CT molecular complexity index is 599. The molecule has 3 heteroatoms. The second-order valence-electron chi connectivity index (χ2n) is 5.52. The highest BCUT2D eigenvalue weighted by atomic mass is 16.5. The molecule has 2 aromatic rings. The third-order valence-corrected chi connectivity index (χ3v) is 3.53. The van der Waals surface area contributed by atoms with Gasteiger partial charge in [-0.05, 0) is 49.9 Å². The summed E-state index contributed by atoms with van der Waals surface area (Å²) in [6.45, 7) is 8.85. The van der Waals surface area contributed by atoms with E-state index in [4.69, 9.17) is 4.74 Å². The highest BCUT2D eigenvalue weighted by Crippen LogP contribution is 2.29. The maximum atomic E-state index is 10.7. The molecule has 2 rings (SSSR count). The fraction of sp³-hybridized carbons (Fsp3) is 0.389. The smallest absolute Gasteiger partial charge is 0.137 e. The van der Waals surface area contributed by atoms with Gasteiger partial charge in [0.2, 0.25) is 0 Å². The summed E-state index contributed by atoms with van der Waals surface area (Å²) in [5, 5.41) is 10.7. The van der Waals surface area contributed by atoms with Crippen LogP contribution in [0.25, 0.3) is 0 Å². The van der Waals surface area contributed by atoms with Gasteiger partial charge in [0, 0.05) is 11.8 Å². The van der Waals surface area contributed by atoms with Gasteiger partial charge < -0.3 is 9.84 Å². The molecule has 0 aliphatic rings. The van der Waals surface area contributed by atoms with Crippen molar-refractivity contribution in [3.05, 3.63) is 58.4 Å². The van der Waals surface area contributed by atoms with Gasteiger partial charge in [0.1, 0.15) is 11.9 Å². The van der Waals surface area contributed by atoms with E-state index in [1.165, 1.54) is 5.56 Å². The molecule has 1 unspecified atom stereocenters. The summed E-state index contributed by atoms with van der Waals surface area (Å²) in [5.41, 5.74) is 5.12. The molecule has 0 saturated carbocycles. The Balaban J connectivity index is 2.34. The van der Waals surface area contributed by atoms with E-state index in [1.54, 1.807) is 12.4 Å². The normalized spacial score (nSPS) is 12.2. The number of hydrogen-bond donors (Lipinski definition) is 1. The van der Waals surface area contributed by atoms with E-state index in [0.717, 1.165) is 28.7 Å². The van der Waals surface area contributed by atoms with Gasteiger partial charge in [-0.3, -0.25) is 4.98 Å². The van der Waals surface area contributed by atoms with Crippen molar-refractivity contribution in [2.24, 2.45) is 0 Å². The summed E-state index contributed by atoms with van der Waals surface area (Å²) < 4.78 is 5.59. The summed E-state index contributed by atoms with van der Waals surface area (Å²) in [6, 6.07) is 6.05. The number of hydrogen-bond acceptors (Lipinski definition) is 3. The van der Waals surface area contributed by atoms with Crippen molar-refractivity contribution in [3.63, 3.8) is 0 Å². The van der Waals surface area contributed by atoms with Crippen molar-refractivity contribution in [1.82, 2.24) is 4.98 Å². The van der Waals surface area contributed by atoms with Gasteiger partial charge in [0.15, 0.2) is 0 Å². The number of rotatable bonds is 5. The van der Waals surface area contributed by atoms with Crippen LogP contribution in [0.2, 0.25) is 0 Å². The topological polar surface area (TPSA) is 42.4 Å². The molecule has 1 aromatic carbocycles. The summed E-state index contributed by atoms with van der Waals surface area (Å²) in [4.78, 5) is 4.18. The second-order valence-corrected chi connectivity index (χ2v) is 5.52. The van der Waals surface area contributed by atoms with Gasteiger partial charge in [-0.15, -0.1) is 0 Å². The molecule has 0 radical (unpaired) electrons. The van der Waals surface area contributed by atoms with E-state index in [1.807, 2.05) is 19.9 Å². The van der Waals surface area contributed by atoms with Crippen LogP contribution in [0, 0.1) is 20.8 Å². The van der Waals surface area contributed by atoms with Gasteiger partial charge >= 0.3 is 0 Å². The van der Waals surface area contributed by atoms with E-state index in [9.17, 15) is 5.11 Å². The van der Waals surface area contributed by atoms with E-state index < -0.39 is 6.10 Å². The Morgan fingerprint density at radius 2 is 1.76 bits per heavy atom. The van der Waals surface area contributed by atoms with Crippen LogP contribution in [-0.4, -0.2) is 16.7 Å². The average molecular weight is 285 g/mol. The number of aryl methyl sites for hydroxylation is 3. The van der Waals surface area contributed by atoms with Gasteiger partial charge in [-0.2, -0.15) is 0 Å². The molecule has 112 valence electrons. The minimum absolute atomic E-state index is 0.657. The van der Waals surface area contributed by atoms with Gasteiger partial charge in [0.05, 0.1) is 12.8 Å². The first-order chi connectivity index (χ1) is 10.0. The predicted octanol–water partition coefficient (Wildman–Crippen LogP) is 3.88. The van der Waals surface area contributed by atoms with Crippen molar-refractivity contribution in [3.8, 4) is 5.75 Å². The minimum atomic E-state index is -0.678. The lowest BCUT2D eigenvalue weighted by molar-refractivity contribution is 0.217. The molecule has 0 saturated heterocycles. The zero-order chi connectivity index (χ0) is 15.4. The van der Waals surface area contributed by atoms with E-state index in [2.05, 4.69) is 31.0 Å². The standard InChI is InChI=1S/C18H23NO2/c1-5-6-21-16-9-15(10-19-11-16)18(20)17-13(3)7-12(2)8-14(17)4/h7-11,18,20H,5-6H2,1-4H3. The molecule has 1 aromatic heterocycles. The van der Waals surface area contributed by atoms with Crippen LogP contribution in [0.15, 0.2) is 30.6 Å². The number of benzene rings is 1. The second kappa shape index (κ2) is 6.72. The molecule has 0 fully saturated rings. The van der Waals surface area contributed by atoms with Crippen molar-refractivity contribution in [1.29, 1.82) is 0 Å². The van der Waals surface area contributed by atoms with Gasteiger partial charge in [-0.25, -0.2) is 0 Å². The highest BCUT2D eigenvalue weighted by Gasteiger charge is 2.17. The molecule has 21 heavy (non-hydrogen) atoms. The maximum absolute atomic E-state index is 10.7. The van der Waals surface area contributed by atoms with E-state index in [0.29, 0.717) is 12.4 Å². The third-order valence-electron chi connectivity index (χ3n) is 3.53. The third kappa shape index (κ3) is 3.61. The molecule has 0 aliphatic carbocycles. The lowest BCUT2D eigenvalue weighted by Gasteiger charge is -2.18. The van der Waals surface area contributed by atoms with Crippen LogP contribution >= 0.6 is 0 Å². The fourth-order valence-corrected chi connectivity index (χ4v) is 2.67. The molecule has 0 amide bonds. The molecule has 1 N–H and O–H groups in total. The number of nitrogens with zero attached hydrogens (tertiary/aromatic N) is 1. The first-order valence-corrected chi connectivity index (χ1v) is 7.36. The molecular formula is C18H23NO2. The van der Waals surface area contributed by atoms with Crippen LogP contribution in [-0.2, 0) is 0 Å². The SMILES string of the molecule is CCCOc1cncc(C(O)c2c(C)cc(C)cc2C)c1. The Hall–Kier alpha value is -1.87. The summed E-state index contributed by atoms with van der Waals surface area (Å²) in [7, 11) is 0. The molecule has 0 aliphatic heterocycles. The Morgan fingerprint density at radius 1 is 1.10 bits per heavy atom. The number of ether oxygens (including phenoxy) is 1. The van der Waals surface area contributed by atoms with Crippen molar-refractivity contribution in [2.45, 2.75) is 40.2 Å². The average Bonchev–Trinajstić information content (AvgIpc) is 2.44. The first kappa shape index (κ1) is 15.5.